The zero-order valence-corrected chi connectivity index (χ0v) is 9.42. The van der Waals surface area contributed by atoms with Crippen molar-refractivity contribution in [3.05, 3.63) is 35.9 Å². The van der Waals surface area contributed by atoms with Crippen molar-refractivity contribution in [2.75, 3.05) is 5.73 Å². The predicted molar refractivity (Wildman–Crippen MR) is 66.6 cm³/mol. The maximum Gasteiger partial charge on any atom is 0.0352 e. The second-order valence-electron chi connectivity index (χ2n) is 4.68. The molecule has 1 fully saturated rings. The van der Waals surface area contributed by atoms with E-state index >= 15 is 0 Å². The van der Waals surface area contributed by atoms with E-state index in [1.54, 1.807) is 0 Å². The van der Waals surface area contributed by atoms with Crippen molar-refractivity contribution >= 4 is 11.3 Å². The molecule has 15 heavy (non-hydrogen) atoms. The minimum atomic E-state index is 0.927. The molecule has 0 saturated heterocycles. The standard InChI is InChI=1S/C14H19N/c1-10(2)13-8-7-12(14(15)9-13)6-5-11-3-4-11/h7-9,11H,1,3-6,15H2,2H3. The number of rotatable bonds is 4. The van der Waals surface area contributed by atoms with Gasteiger partial charge in [0.25, 0.3) is 0 Å². The second kappa shape index (κ2) is 4.09. The van der Waals surface area contributed by atoms with Gasteiger partial charge < -0.3 is 5.73 Å². The Bertz CT molecular complexity index is 375. The Morgan fingerprint density at radius 2 is 2.20 bits per heavy atom. The fourth-order valence-corrected chi connectivity index (χ4v) is 1.85. The van der Waals surface area contributed by atoms with E-state index in [2.05, 4.69) is 18.7 Å². The quantitative estimate of drug-likeness (QED) is 0.739. The van der Waals surface area contributed by atoms with Crippen LogP contribution in [0.4, 0.5) is 5.69 Å². The smallest absolute Gasteiger partial charge is 0.0352 e. The number of hydrogen-bond donors (Lipinski definition) is 1. The first-order chi connectivity index (χ1) is 7.16. The third-order valence-corrected chi connectivity index (χ3v) is 3.16. The highest BCUT2D eigenvalue weighted by molar-refractivity contribution is 5.66. The molecule has 0 bridgehead atoms. The summed E-state index contributed by atoms with van der Waals surface area (Å²) in [5, 5.41) is 0. The van der Waals surface area contributed by atoms with E-state index in [1.807, 2.05) is 13.0 Å². The minimum Gasteiger partial charge on any atom is -0.398 e. The van der Waals surface area contributed by atoms with Gasteiger partial charge in [-0.1, -0.05) is 37.1 Å². The molecule has 80 valence electrons. The summed E-state index contributed by atoms with van der Waals surface area (Å²) in [5.74, 6) is 0.977. The molecule has 1 aromatic carbocycles. The van der Waals surface area contributed by atoms with Crippen LogP contribution in [0.2, 0.25) is 0 Å². The van der Waals surface area contributed by atoms with Gasteiger partial charge in [0.2, 0.25) is 0 Å². The van der Waals surface area contributed by atoms with Crippen LogP contribution in [0.1, 0.15) is 37.3 Å². The summed E-state index contributed by atoms with van der Waals surface area (Å²) in [4.78, 5) is 0. The van der Waals surface area contributed by atoms with E-state index in [-0.39, 0.29) is 0 Å². The van der Waals surface area contributed by atoms with Crippen molar-refractivity contribution in [3.8, 4) is 0 Å². The molecule has 0 amide bonds. The van der Waals surface area contributed by atoms with E-state index in [4.69, 9.17) is 5.73 Å². The van der Waals surface area contributed by atoms with Crippen LogP contribution in [0.3, 0.4) is 0 Å². The maximum atomic E-state index is 6.02. The summed E-state index contributed by atoms with van der Waals surface area (Å²) in [6.07, 6.45) is 5.27. The summed E-state index contributed by atoms with van der Waals surface area (Å²) in [6, 6.07) is 6.33. The van der Waals surface area contributed by atoms with E-state index in [0.717, 1.165) is 29.2 Å². The SMILES string of the molecule is C=C(C)c1ccc(CCC2CC2)c(N)c1. The second-order valence-corrected chi connectivity index (χ2v) is 4.68. The van der Waals surface area contributed by atoms with Gasteiger partial charge in [0.1, 0.15) is 0 Å². The molecule has 1 nitrogen and oxygen atoms in total. The first kappa shape index (κ1) is 10.3. The molecule has 0 aromatic heterocycles. The highest BCUT2D eigenvalue weighted by Gasteiger charge is 2.20. The maximum absolute atomic E-state index is 6.02. The molecule has 1 aliphatic rings. The van der Waals surface area contributed by atoms with Crippen molar-refractivity contribution in [2.45, 2.75) is 32.6 Å². The lowest BCUT2D eigenvalue weighted by Crippen LogP contribution is -1.96. The highest BCUT2D eigenvalue weighted by Crippen LogP contribution is 2.34. The lowest BCUT2D eigenvalue weighted by atomic mass is 10.0. The molecule has 0 radical (unpaired) electrons. The lowest BCUT2D eigenvalue weighted by Gasteiger charge is -2.07. The minimum absolute atomic E-state index is 0.927. The average Bonchev–Trinajstić information content (AvgIpc) is 2.99. The summed E-state index contributed by atoms with van der Waals surface area (Å²) >= 11 is 0. The van der Waals surface area contributed by atoms with Crippen molar-refractivity contribution in [3.63, 3.8) is 0 Å². The van der Waals surface area contributed by atoms with E-state index in [1.165, 1.54) is 24.8 Å². The van der Waals surface area contributed by atoms with Gasteiger partial charge in [-0.25, -0.2) is 0 Å². The van der Waals surface area contributed by atoms with Gasteiger partial charge in [-0.15, -0.1) is 0 Å². The Labute approximate surface area is 92.0 Å². The van der Waals surface area contributed by atoms with Gasteiger partial charge in [-0.05, 0) is 42.9 Å². The zero-order chi connectivity index (χ0) is 10.8. The molecule has 0 atom stereocenters. The van der Waals surface area contributed by atoms with Crippen LogP contribution >= 0.6 is 0 Å². The van der Waals surface area contributed by atoms with Crippen LogP contribution in [0.15, 0.2) is 24.8 Å². The molecule has 2 N–H and O–H groups in total. The molecule has 0 spiro atoms. The Kier molecular flexibility index (Phi) is 2.81. The van der Waals surface area contributed by atoms with Gasteiger partial charge in [0.15, 0.2) is 0 Å². The van der Waals surface area contributed by atoms with Crippen LogP contribution in [0.5, 0.6) is 0 Å². The molecule has 1 saturated carbocycles. The van der Waals surface area contributed by atoms with Gasteiger partial charge in [0, 0.05) is 5.69 Å². The molecular formula is C14H19N. The first-order valence-electron chi connectivity index (χ1n) is 5.71. The molecular weight excluding hydrogens is 182 g/mol. The highest BCUT2D eigenvalue weighted by atomic mass is 14.6. The number of benzene rings is 1. The number of allylic oxidation sites excluding steroid dienone is 1. The largest absolute Gasteiger partial charge is 0.398 e. The first-order valence-corrected chi connectivity index (χ1v) is 5.71. The van der Waals surface area contributed by atoms with Crippen molar-refractivity contribution < 1.29 is 0 Å². The number of nitrogen functional groups attached to an aromatic ring is 1. The molecule has 1 heteroatoms. The Hall–Kier alpha value is -1.24. The van der Waals surface area contributed by atoms with E-state index in [9.17, 15) is 0 Å². The molecule has 0 heterocycles. The van der Waals surface area contributed by atoms with Crippen molar-refractivity contribution in [1.29, 1.82) is 0 Å². The zero-order valence-electron chi connectivity index (χ0n) is 9.42. The normalized spacial score (nSPS) is 15.3. The topological polar surface area (TPSA) is 26.0 Å². The number of aryl methyl sites for hydroxylation is 1. The summed E-state index contributed by atoms with van der Waals surface area (Å²) in [5.41, 5.74) is 10.5. The Morgan fingerprint density at radius 3 is 2.73 bits per heavy atom. The Morgan fingerprint density at radius 1 is 1.47 bits per heavy atom. The average molecular weight is 201 g/mol. The fraction of sp³-hybridized carbons (Fsp3) is 0.429. The van der Waals surface area contributed by atoms with Gasteiger partial charge >= 0.3 is 0 Å². The number of hydrogen-bond acceptors (Lipinski definition) is 1. The molecule has 0 unspecified atom stereocenters. The van der Waals surface area contributed by atoms with Gasteiger partial charge in [-0.3, -0.25) is 0 Å². The third kappa shape index (κ3) is 2.62. The monoisotopic (exact) mass is 201 g/mol. The predicted octanol–water partition coefficient (Wildman–Crippen LogP) is 3.64. The summed E-state index contributed by atoms with van der Waals surface area (Å²) in [6.45, 7) is 5.94. The molecule has 1 aliphatic carbocycles. The molecule has 1 aromatic rings. The van der Waals surface area contributed by atoms with Crippen LogP contribution in [-0.4, -0.2) is 0 Å². The van der Waals surface area contributed by atoms with Crippen LogP contribution in [-0.2, 0) is 6.42 Å². The van der Waals surface area contributed by atoms with Crippen LogP contribution in [0, 0.1) is 5.92 Å². The summed E-state index contributed by atoms with van der Waals surface area (Å²) in [7, 11) is 0. The van der Waals surface area contributed by atoms with Gasteiger partial charge in [-0.2, -0.15) is 0 Å². The molecule has 2 rings (SSSR count). The Balaban J connectivity index is 2.07. The molecule has 0 aliphatic heterocycles. The van der Waals surface area contributed by atoms with Crippen molar-refractivity contribution in [2.24, 2.45) is 5.92 Å². The fourth-order valence-electron chi connectivity index (χ4n) is 1.85. The van der Waals surface area contributed by atoms with Gasteiger partial charge in [0.05, 0.1) is 0 Å². The van der Waals surface area contributed by atoms with Crippen LogP contribution < -0.4 is 5.73 Å². The third-order valence-electron chi connectivity index (χ3n) is 3.16. The van der Waals surface area contributed by atoms with Crippen LogP contribution in [0.25, 0.3) is 5.57 Å². The lowest BCUT2D eigenvalue weighted by molar-refractivity contribution is 0.728. The number of nitrogens with two attached hydrogens (primary N) is 1. The summed E-state index contributed by atoms with van der Waals surface area (Å²) < 4.78 is 0. The van der Waals surface area contributed by atoms with E-state index in [0.29, 0.717) is 0 Å². The number of anilines is 1. The van der Waals surface area contributed by atoms with E-state index < -0.39 is 0 Å². The van der Waals surface area contributed by atoms with Crippen molar-refractivity contribution in [1.82, 2.24) is 0 Å².